The maximum atomic E-state index is 10.9. The van der Waals surface area contributed by atoms with E-state index in [0.717, 1.165) is 25.7 Å². The van der Waals surface area contributed by atoms with E-state index in [2.05, 4.69) is 48.5 Å². The van der Waals surface area contributed by atoms with Crippen molar-refractivity contribution in [3.63, 3.8) is 0 Å². The van der Waals surface area contributed by atoms with Crippen LogP contribution in [-0.2, 0) is 11.2 Å². The molecule has 0 heterocycles. The number of hydrogen-bond acceptors (Lipinski definition) is 2. The maximum absolute atomic E-state index is 10.9. The lowest BCUT2D eigenvalue weighted by Gasteiger charge is -2.05. The average Bonchev–Trinajstić information content (AvgIpc) is 2.62. The van der Waals surface area contributed by atoms with Crippen molar-refractivity contribution in [3.8, 4) is 11.1 Å². The van der Waals surface area contributed by atoms with Gasteiger partial charge in [0.25, 0.3) is 0 Å². The molecule has 0 aliphatic rings. The second-order valence-corrected chi connectivity index (χ2v) is 5.87. The Bertz CT molecular complexity index is 578. The van der Waals surface area contributed by atoms with E-state index in [1.807, 2.05) is 6.07 Å². The summed E-state index contributed by atoms with van der Waals surface area (Å²) in [7, 11) is 0. The SMILES string of the molecule is O=C(CCCCCCCc1ccc(-c2ccccc2)cc1)NO. The van der Waals surface area contributed by atoms with Crippen molar-refractivity contribution in [2.45, 2.75) is 44.9 Å². The lowest BCUT2D eigenvalue weighted by Crippen LogP contribution is -2.17. The minimum absolute atomic E-state index is 0.288. The molecule has 0 bridgehead atoms. The summed E-state index contributed by atoms with van der Waals surface area (Å²) >= 11 is 0. The predicted molar refractivity (Wildman–Crippen MR) is 93.2 cm³/mol. The van der Waals surface area contributed by atoms with Gasteiger partial charge in [0.1, 0.15) is 0 Å². The third kappa shape index (κ3) is 6.25. The van der Waals surface area contributed by atoms with Crippen molar-refractivity contribution in [2.24, 2.45) is 0 Å². The Balaban J connectivity index is 1.64. The first kappa shape index (κ1) is 17.2. The Kier molecular flexibility index (Phi) is 7.34. The molecule has 0 saturated heterocycles. The Hall–Kier alpha value is -2.13. The van der Waals surface area contributed by atoms with Gasteiger partial charge in [0, 0.05) is 6.42 Å². The number of amides is 1. The van der Waals surface area contributed by atoms with E-state index in [1.165, 1.54) is 29.5 Å². The van der Waals surface area contributed by atoms with Gasteiger partial charge in [-0.05, 0) is 36.0 Å². The number of nitrogens with one attached hydrogen (secondary N) is 1. The van der Waals surface area contributed by atoms with Crippen LogP contribution in [0.5, 0.6) is 0 Å². The number of carbonyl (C=O) groups is 1. The van der Waals surface area contributed by atoms with Crippen molar-refractivity contribution >= 4 is 5.91 Å². The third-order valence-corrected chi connectivity index (χ3v) is 4.06. The molecule has 0 unspecified atom stereocenters. The van der Waals surface area contributed by atoms with Gasteiger partial charge in [-0.1, -0.05) is 73.9 Å². The van der Waals surface area contributed by atoms with Crippen molar-refractivity contribution in [3.05, 3.63) is 60.2 Å². The summed E-state index contributed by atoms with van der Waals surface area (Å²) in [6.07, 6.45) is 6.90. The molecule has 3 nitrogen and oxygen atoms in total. The van der Waals surface area contributed by atoms with Crippen LogP contribution in [-0.4, -0.2) is 11.1 Å². The van der Waals surface area contributed by atoms with E-state index in [0.29, 0.717) is 6.42 Å². The Morgan fingerprint density at radius 3 is 2.09 bits per heavy atom. The first-order valence-corrected chi connectivity index (χ1v) is 8.37. The van der Waals surface area contributed by atoms with Gasteiger partial charge in [-0.25, -0.2) is 5.48 Å². The number of hydrogen-bond donors (Lipinski definition) is 2. The molecule has 0 aliphatic heterocycles. The molecule has 0 spiro atoms. The lowest BCUT2D eigenvalue weighted by molar-refractivity contribution is -0.129. The van der Waals surface area contributed by atoms with Gasteiger partial charge < -0.3 is 0 Å². The van der Waals surface area contributed by atoms with Crippen LogP contribution in [0.15, 0.2) is 54.6 Å². The second kappa shape index (κ2) is 9.80. The highest BCUT2D eigenvalue weighted by atomic mass is 16.5. The van der Waals surface area contributed by atoms with Crippen LogP contribution in [0.1, 0.15) is 44.1 Å². The minimum atomic E-state index is -0.288. The first-order valence-electron chi connectivity index (χ1n) is 8.37. The molecule has 2 aromatic carbocycles. The minimum Gasteiger partial charge on any atom is -0.289 e. The summed E-state index contributed by atoms with van der Waals surface area (Å²) in [6, 6.07) is 19.2. The lowest BCUT2D eigenvalue weighted by atomic mass is 10.0. The summed E-state index contributed by atoms with van der Waals surface area (Å²) in [4.78, 5) is 10.9. The van der Waals surface area contributed by atoms with Crippen LogP contribution >= 0.6 is 0 Å². The molecule has 122 valence electrons. The molecule has 0 saturated carbocycles. The molecule has 0 aromatic heterocycles. The fraction of sp³-hybridized carbons (Fsp3) is 0.350. The van der Waals surface area contributed by atoms with Gasteiger partial charge in [0.05, 0.1) is 0 Å². The standard InChI is InChI=1S/C20H25NO2/c22-20(21-23)12-8-3-1-2-5-9-17-13-15-19(16-14-17)18-10-6-4-7-11-18/h4,6-7,10-11,13-16,23H,1-3,5,8-9,12H2,(H,21,22). The van der Waals surface area contributed by atoms with Crippen LogP contribution in [0, 0.1) is 0 Å². The van der Waals surface area contributed by atoms with E-state index in [9.17, 15) is 4.79 Å². The van der Waals surface area contributed by atoms with Crippen LogP contribution < -0.4 is 5.48 Å². The monoisotopic (exact) mass is 311 g/mol. The van der Waals surface area contributed by atoms with Crippen molar-refractivity contribution in [1.29, 1.82) is 0 Å². The molecule has 0 fully saturated rings. The predicted octanol–water partition coefficient (Wildman–Crippen LogP) is 4.74. The van der Waals surface area contributed by atoms with E-state index in [1.54, 1.807) is 5.48 Å². The highest BCUT2D eigenvalue weighted by Gasteiger charge is 2.00. The Morgan fingerprint density at radius 1 is 0.783 bits per heavy atom. The van der Waals surface area contributed by atoms with Crippen LogP contribution in [0.4, 0.5) is 0 Å². The fourth-order valence-electron chi connectivity index (χ4n) is 2.70. The van der Waals surface area contributed by atoms with Crippen molar-refractivity contribution < 1.29 is 10.0 Å². The quantitative estimate of drug-likeness (QED) is 0.399. The second-order valence-electron chi connectivity index (χ2n) is 5.87. The molecule has 0 radical (unpaired) electrons. The van der Waals surface area contributed by atoms with Crippen LogP contribution in [0.3, 0.4) is 0 Å². The molecular formula is C20H25NO2. The molecule has 2 aromatic rings. The zero-order valence-electron chi connectivity index (χ0n) is 13.5. The summed E-state index contributed by atoms with van der Waals surface area (Å²) in [6.45, 7) is 0. The average molecular weight is 311 g/mol. The number of rotatable bonds is 9. The van der Waals surface area contributed by atoms with Gasteiger partial charge in [0.2, 0.25) is 5.91 Å². The van der Waals surface area contributed by atoms with Crippen LogP contribution in [0.25, 0.3) is 11.1 Å². The molecule has 2 N–H and O–H groups in total. The Labute approximate surface area is 138 Å². The van der Waals surface area contributed by atoms with Crippen molar-refractivity contribution in [1.82, 2.24) is 5.48 Å². The molecule has 2 rings (SSSR count). The van der Waals surface area contributed by atoms with Gasteiger partial charge in [-0.2, -0.15) is 0 Å². The van der Waals surface area contributed by atoms with Gasteiger partial charge >= 0.3 is 0 Å². The Morgan fingerprint density at radius 2 is 1.39 bits per heavy atom. The normalized spacial score (nSPS) is 10.5. The molecule has 1 amide bonds. The number of hydroxylamine groups is 1. The fourth-order valence-corrected chi connectivity index (χ4v) is 2.70. The maximum Gasteiger partial charge on any atom is 0.243 e. The molecule has 3 heteroatoms. The van der Waals surface area contributed by atoms with Gasteiger partial charge in [-0.3, -0.25) is 10.0 Å². The van der Waals surface area contributed by atoms with E-state index >= 15 is 0 Å². The number of aryl methyl sites for hydroxylation is 1. The smallest absolute Gasteiger partial charge is 0.243 e. The third-order valence-electron chi connectivity index (χ3n) is 4.06. The molecule has 0 aliphatic carbocycles. The molecular weight excluding hydrogens is 286 g/mol. The van der Waals surface area contributed by atoms with Gasteiger partial charge in [-0.15, -0.1) is 0 Å². The number of unbranched alkanes of at least 4 members (excludes halogenated alkanes) is 4. The highest BCUT2D eigenvalue weighted by molar-refractivity contribution is 5.74. The van der Waals surface area contributed by atoms with Crippen LogP contribution in [0.2, 0.25) is 0 Å². The van der Waals surface area contributed by atoms with Crippen molar-refractivity contribution in [2.75, 3.05) is 0 Å². The van der Waals surface area contributed by atoms with Gasteiger partial charge in [0.15, 0.2) is 0 Å². The number of benzene rings is 2. The molecule has 23 heavy (non-hydrogen) atoms. The van der Waals surface area contributed by atoms with E-state index in [4.69, 9.17) is 5.21 Å². The zero-order chi connectivity index (χ0) is 16.3. The zero-order valence-corrected chi connectivity index (χ0v) is 13.5. The largest absolute Gasteiger partial charge is 0.289 e. The topological polar surface area (TPSA) is 49.3 Å². The summed E-state index contributed by atoms with van der Waals surface area (Å²) in [5.41, 5.74) is 5.56. The summed E-state index contributed by atoms with van der Waals surface area (Å²) < 4.78 is 0. The highest BCUT2D eigenvalue weighted by Crippen LogP contribution is 2.20. The van der Waals surface area contributed by atoms with E-state index in [-0.39, 0.29) is 5.91 Å². The first-order chi connectivity index (χ1) is 11.3. The summed E-state index contributed by atoms with van der Waals surface area (Å²) in [5, 5.41) is 8.39. The number of carbonyl (C=O) groups excluding carboxylic acids is 1. The van der Waals surface area contributed by atoms with E-state index < -0.39 is 0 Å². The molecule has 0 atom stereocenters. The summed E-state index contributed by atoms with van der Waals surface area (Å²) in [5.74, 6) is -0.288.